The zero-order valence-corrected chi connectivity index (χ0v) is 14.5. The normalized spacial score (nSPS) is 14.6. The van der Waals surface area contributed by atoms with Gasteiger partial charge in [0.1, 0.15) is 0 Å². The third kappa shape index (κ3) is 5.39. The fourth-order valence-corrected chi connectivity index (χ4v) is 3.11. The first-order valence-electron chi connectivity index (χ1n) is 8.32. The van der Waals surface area contributed by atoms with Gasteiger partial charge in [-0.25, -0.2) is 5.48 Å². The molecular formula is C17H24ClN3O3. The van der Waals surface area contributed by atoms with E-state index in [1.54, 1.807) is 5.48 Å². The van der Waals surface area contributed by atoms with Crippen LogP contribution in [0.1, 0.15) is 32.1 Å². The molecule has 0 radical (unpaired) electrons. The Morgan fingerprint density at radius 3 is 2.38 bits per heavy atom. The van der Waals surface area contributed by atoms with Crippen LogP contribution >= 0.6 is 11.6 Å². The van der Waals surface area contributed by atoms with Crippen molar-refractivity contribution in [2.45, 2.75) is 32.1 Å². The van der Waals surface area contributed by atoms with Crippen molar-refractivity contribution in [1.82, 2.24) is 10.4 Å². The number of hydroxylamine groups is 1. The lowest BCUT2D eigenvalue weighted by molar-refractivity contribution is -0.131. The second-order valence-electron chi connectivity index (χ2n) is 5.91. The highest BCUT2D eigenvalue weighted by Gasteiger charge is 2.21. The van der Waals surface area contributed by atoms with Crippen molar-refractivity contribution in [1.29, 1.82) is 0 Å². The first-order chi connectivity index (χ1) is 11.6. The summed E-state index contributed by atoms with van der Waals surface area (Å²) in [6, 6.07) is 7.76. The van der Waals surface area contributed by atoms with E-state index in [2.05, 4.69) is 4.90 Å². The van der Waals surface area contributed by atoms with Crippen molar-refractivity contribution in [3.63, 3.8) is 0 Å². The molecule has 0 bridgehead atoms. The van der Waals surface area contributed by atoms with Crippen LogP contribution in [0.3, 0.4) is 0 Å². The molecule has 0 spiro atoms. The minimum atomic E-state index is -0.378. The van der Waals surface area contributed by atoms with E-state index in [1.165, 1.54) is 0 Å². The molecule has 1 fully saturated rings. The molecule has 1 heterocycles. The Morgan fingerprint density at radius 2 is 1.71 bits per heavy atom. The van der Waals surface area contributed by atoms with Crippen LogP contribution in [0, 0.1) is 0 Å². The number of piperazine rings is 1. The van der Waals surface area contributed by atoms with E-state index in [0.717, 1.165) is 36.6 Å². The monoisotopic (exact) mass is 353 g/mol. The molecule has 1 saturated heterocycles. The molecule has 2 N–H and O–H groups in total. The number of hydrogen-bond acceptors (Lipinski definition) is 4. The van der Waals surface area contributed by atoms with E-state index < -0.39 is 0 Å². The van der Waals surface area contributed by atoms with Gasteiger partial charge in [-0.15, -0.1) is 0 Å². The van der Waals surface area contributed by atoms with Gasteiger partial charge in [0.25, 0.3) is 0 Å². The number of benzene rings is 1. The third-order valence-electron chi connectivity index (χ3n) is 4.24. The van der Waals surface area contributed by atoms with E-state index in [9.17, 15) is 9.59 Å². The summed E-state index contributed by atoms with van der Waals surface area (Å²) < 4.78 is 0. The molecule has 1 aliphatic rings. The number of unbranched alkanes of at least 4 members (excludes halogenated alkanes) is 2. The van der Waals surface area contributed by atoms with Crippen molar-refractivity contribution in [2.75, 3.05) is 31.1 Å². The number of amides is 2. The molecule has 0 aliphatic carbocycles. The molecule has 7 heteroatoms. The maximum Gasteiger partial charge on any atom is 0.243 e. The molecule has 1 aromatic rings. The number of nitrogens with one attached hydrogen (secondary N) is 1. The predicted octanol–water partition coefficient (Wildman–Crippen LogP) is 2.44. The average Bonchev–Trinajstić information content (AvgIpc) is 2.61. The van der Waals surface area contributed by atoms with Gasteiger partial charge in [-0.05, 0) is 25.0 Å². The van der Waals surface area contributed by atoms with E-state index >= 15 is 0 Å². The molecule has 6 nitrogen and oxygen atoms in total. The van der Waals surface area contributed by atoms with Crippen molar-refractivity contribution in [2.24, 2.45) is 0 Å². The van der Waals surface area contributed by atoms with Crippen LogP contribution in [-0.4, -0.2) is 48.1 Å². The van der Waals surface area contributed by atoms with Gasteiger partial charge in [0.2, 0.25) is 11.8 Å². The van der Waals surface area contributed by atoms with Crippen molar-refractivity contribution >= 4 is 29.1 Å². The second-order valence-corrected chi connectivity index (χ2v) is 6.32. The van der Waals surface area contributed by atoms with Crippen LogP contribution in [0.25, 0.3) is 0 Å². The molecule has 0 atom stereocenters. The van der Waals surface area contributed by atoms with Crippen LogP contribution in [0.5, 0.6) is 0 Å². The van der Waals surface area contributed by atoms with E-state index in [4.69, 9.17) is 16.8 Å². The molecule has 24 heavy (non-hydrogen) atoms. The van der Waals surface area contributed by atoms with Gasteiger partial charge < -0.3 is 9.80 Å². The van der Waals surface area contributed by atoms with Crippen LogP contribution in [0.2, 0.25) is 5.02 Å². The van der Waals surface area contributed by atoms with Crippen LogP contribution in [0.4, 0.5) is 5.69 Å². The number of carbonyl (C=O) groups excluding carboxylic acids is 2. The fourth-order valence-electron chi connectivity index (χ4n) is 2.86. The molecule has 0 unspecified atom stereocenters. The van der Waals surface area contributed by atoms with Gasteiger partial charge in [0, 0.05) is 39.0 Å². The van der Waals surface area contributed by atoms with Crippen LogP contribution < -0.4 is 10.4 Å². The summed E-state index contributed by atoms with van der Waals surface area (Å²) in [5.74, 6) is -0.211. The Morgan fingerprint density at radius 1 is 1.04 bits per heavy atom. The van der Waals surface area contributed by atoms with Crippen molar-refractivity contribution in [3.05, 3.63) is 29.3 Å². The third-order valence-corrected chi connectivity index (χ3v) is 4.56. The Balaban J connectivity index is 1.67. The van der Waals surface area contributed by atoms with Crippen molar-refractivity contribution < 1.29 is 14.8 Å². The second kappa shape index (κ2) is 9.49. The minimum Gasteiger partial charge on any atom is -0.367 e. The van der Waals surface area contributed by atoms with E-state index in [-0.39, 0.29) is 11.8 Å². The van der Waals surface area contributed by atoms with Crippen molar-refractivity contribution in [3.8, 4) is 0 Å². The Hall–Kier alpha value is -1.79. The summed E-state index contributed by atoms with van der Waals surface area (Å²) in [5, 5.41) is 9.14. The van der Waals surface area contributed by atoms with Crippen LogP contribution in [-0.2, 0) is 9.59 Å². The molecule has 0 aromatic heterocycles. The zero-order chi connectivity index (χ0) is 17.4. The standard InChI is InChI=1S/C17H24ClN3O3/c18-14-6-4-5-7-15(14)20-10-12-21(13-11-20)17(23)9-3-1-2-8-16(22)19-24/h4-7,24H,1-3,8-13H2,(H,19,22). The number of halogens is 1. The highest BCUT2D eigenvalue weighted by molar-refractivity contribution is 6.33. The smallest absolute Gasteiger partial charge is 0.243 e. The number of carbonyl (C=O) groups is 2. The lowest BCUT2D eigenvalue weighted by atomic mass is 10.1. The molecule has 1 aliphatic heterocycles. The summed E-state index contributed by atoms with van der Waals surface area (Å²) in [6.07, 6.45) is 3.05. The highest BCUT2D eigenvalue weighted by Crippen LogP contribution is 2.26. The Labute approximate surface area is 147 Å². The molecule has 1 aromatic carbocycles. The molecule has 2 rings (SSSR count). The van der Waals surface area contributed by atoms with Gasteiger partial charge in [-0.3, -0.25) is 14.8 Å². The number of nitrogens with zero attached hydrogens (tertiary/aromatic N) is 2. The Bertz CT molecular complexity index is 560. The van der Waals surface area contributed by atoms with Crippen LogP contribution in [0.15, 0.2) is 24.3 Å². The lowest BCUT2D eigenvalue weighted by Crippen LogP contribution is -2.48. The first kappa shape index (κ1) is 18.5. The summed E-state index contributed by atoms with van der Waals surface area (Å²) in [5.41, 5.74) is 2.63. The minimum absolute atomic E-state index is 0.167. The van der Waals surface area contributed by atoms with E-state index in [1.807, 2.05) is 29.2 Å². The first-order valence-corrected chi connectivity index (χ1v) is 8.70. The van der Waals surface area contributed by atoms with Gasteiger partial charge in [-0.2, -0.15) is 0 Å². The average molecular weight is 354 g/mol. The van der Waals surface area contributed by atoms with Gasteiger partial charge >= 0.3 is 0 Å². The topological polar surface area (TPSA) is 72.9 Å². The number of para-hydroxylation sites is 1. The molecule has 0 saturated carbocycles. The number of hydrogen-bond donors (Lipinski definition) is 2. The van der Waals surface area contributed by atoms with Gasteiger partial charge in [0.15, 0.2) is 0 Å². The van der Waals surface area contributed by atoms with E-state index in [0.29, 0.717) is 32.4 Å². The van der Waals surface area contributed by atoms with Gasteiger partial charge in [-0.1, -0.05) is 30.2 Å². The highest BCUT2D eigenvalue weighted by atomic mass is 35.5. The summed E-state index contributed by atoms with van der Waals surface area (Å²) in [7, 11) is 0. The number of rotatable bonds is 7. The summed E-state index contributed by atoms with van der Waals surface area (Å²) in [4.78, 5) is 27.2. The zero-order valence-electron chi connectivity index (χ0n) is 13.7. The SMILES string of the molecule is O=C(CCCCCC(=O)N1CCN(c2ccccc2Cl)CC1)NO. The maximum absolute atomic E-state index is 12.2. The fraction of sp³-hybridized carbons (Fsp3) is 0.529. The quantitative estimate of drug-likeness (QED) is 0.448. The largest absolute Gasteiger partial charge is 0.367 e. The molecular weight excluding hydrogens is 330 g/mol. The summed E-state index contributed by atoms with van der Waals surface area (Å²) in [6.45, 7) is 2.98. The molecule has 132 valence electrons. The maximum atomic E-state index is 12.2. The predicted molar refractivity (Wildman–Crippen MR) is 93.3 cm³/mol. The lowest BCUT2D eigenvalue weighted by Gasteiger charge is -2.36. The summed E-state index contributed by atoms with van der Waals surface area (Å²) >= 11 is 6.22. The van der Waals surface area contributed by atoms with Gasteiger partial charge in [0.05, 0.1) is 10.7 Å². The number of anilines is 1. The Kier molecular flexibility index (Phi) is 7.34. The molecule has 2 amide bonds.